The highest BCUT2D eigenvalue weighted by molar-refractivity contribution is 7.99. The quantitative estimate of drug-likeness (QED) is 0.663. The van der Waals surface area contributed by atoms with Gasteiger partial charge in [-0.2, -0.15) is 0 Å². The molecule has 6 nitrogen and oxygen atoms in total. The first-order valence-corrected chi connectivity index (χ1v) is 6.27. The van der Waals surface area contributed by atoms with Gasteiger partial charge in [0.05, 0.1) is 10.5 Å². The number of nitro groups is 1. The number of phenolic OH excluding ortho intramolecular Hbond substituents is 1. The van der Waals surface area contributed by atoms with Gasteiger partial charge in [-0.25, -0.2) is 4.79 Å². The number of rotatable bonds is 4. The Morgan fingerprint density at radius 2 is 1.70 bits per heavy atom. The number of carbonyl (C=O) groups is 1. The Bertz CT molecular complexity index is 669. The predicted octanol–water partition coefficient (Wildman–Crippen LogP) is 3.15. The minimum atomic E-state index is -1.01. The number of benzene rings is 2. The Labute approximate surface area is 117 Å². The molecule has 0 amide bonds. The summed E-state index contributed by atoms with van der Waals surface area (Å²) in [5.74, 6) is -1.40. The van der Waals surface area contributed by atoms with Crippen molar-refractivity contribution in [3.8, 4) is 5.75 Å². The molecule has 20 heavy (non-hydrogen) atoms. The van der Waals surface area contributed by atoms with Gasteiger partial charge in [0, 0.05) is 15.9 Å². The third kappa shape index (κ3) is 3.07. The molecular weight excluding hydrogens is 282 g/mol. The highest BCUT2D eigenvalue weighted by Crippen LogP contribution is 2.34. The Hall–Kier alpha value is -2.54. The van der Waals surface area contributed by atoms with Crippen molar-refractivity contribution in [2.45, 2.75) is 9.79 Å². The monoisotopic (exact) mass is 291 g/mol. The van der Waals surface area contributed by atoms with Gasteiger partial charge in [-0.15, -0.1) is 0 Å². The molecule has 2 rings (SSSR count). The molecule has 0 radical (unpaired) electrons. The zero-order chi connectivity index (χ0) is 14.7. The lowest BCUT2D eigenvalue weighted by molar-refractivity contribution is -0.386. The molecule has 0 spiro atoms. The maximum Gasteiger partial charge on any atom is 0.335 e. The van der Waals surface area contributed by atoms with Gasteiger partial charge in [-0.3, -0.25) is 10.1 Å². The molecular formula is C13H9NO5S. The molecule has 7 heteroatoms. The fraction of sp³-hybridized carbons (Fsp3) is 0. The zero-order valence-corrected chi connectivity index (χ0v) is 10.8. The van der Waals surface area contributed by atoms with E-state index in [2.05, 4.69) is 0 Å². The molecule has 0 fully saturated rings. The van der Waals surface area contributed by atoms with Gasteiger partial charge in [0.1, 0.15) is 0 Å². The summed E-state index contributed by atoms with van der Waals surface area (Å²) in [6.45, 7) is 0. The average molecular weight is 291 g/mol. The SMILES string of the molecule is O=C(O)c1ccc(Sc2ccc(O)c([N+](=O)[O-])c2)cc1. The van der Waals surface area contributed by atoms with E-state index in [9.17, 15) is 20.0 Å². The van der Waals surface area contributed by atoms with Crippen molar-refractivity contribution in [2.24, 2.45) is 0 Å². The highest BCUT2D eigenvalue weighted by Gasteiger charge is 2.14. The first-order valence-electron chi connectivity index (χ1n) is 5.46. The molecule has 0 unspecified atom stereocenters. The summed E-state index contributed by atoms with van der Waals surface area (Å²) in [4.78, 5) is 22.1. The summed E-state index contributed by atoms with van der Waals surface area (Å²) in [6.07, 6.45) is 0. The lowest BCUT2D eigenvalue weighted by Gasteiger charge is -2.03. The molecule has 0 atom stereocenters. The zero-order valence-electron chi connectivity index (χ0n) is 10.0. The summed E-state index contributed by atoms with van der Waals surface area (Å²) in [6, 6.07) is 10.2. The van der Waals surface area contributed by atoms with Crippen LogP contribution < -0.4 is 0 Å². The average Bonchev–Trinajstić information content (AvgIpc) is 2.41. The van der Waals surface area contributed by atoms with Gasteiger partial charge in [-0.1, -0.05) is 11.8 Å². The van der Waals surface area contributed by atoms with E-state index < -0.39 is 10.9 Å². The standard InChI is InChI=1S/C13H9NO5S/c15-12-6-5-10(7-11(12)14(18)19)20-9-3-1-8(2-4-9)13(16)17/h1-7,15H,(H,16,17). The van der Waals surface area contributed by atoms with Crippen LogP contribution in [0.1, 0.15) is 10.4 Å². The molecule has 0 saturated carbocycles. The Morgan fingerprint density at radius 1 is 1.10 bits per heavy atom. The molecule has 102 valence electrons. The van der Waals surface area contributed by atoms with Gasteiger partial charge >= 0.3 is 11.7 Å². The van der Waals surface area contributed by atoms with E-state index in [-0.39, 0.29) is 17.0 Å². The van der Waals surface area contributed by atoms with E-state index in [4.69, 9.17) is 5.11 Å². The number of phenols is 1. The van der Waals surface area contributed by atoms with E-state index in [0.29, 0.717) is 4.90 Å². The molecule has 0 aliphatic carbocycles. The molecule has 0 aliphatic rings. The summed E-state index contributed by atoms with van der Waals surface area (Å²) < 4.78 is 0. The van der Waals surface area contributed by atoms with Crippen LogP contribution in [-0.2, 0) is 0 Å². The second-order valence-electron chi connectivity index (χ2n) is 3.84. The number of carboxylic acid groups (broad SMARTS) is 1. The summed E-state index contributed by atoms with van der Waals surface area (Å²) in [5, 5.41) is 28.9. The summed E-state index contributed by atoms with van der Waals surface area (Å²) >= 11 is 1.24. The van der Waals surface area contributed by atoms with Gasteiger partial charge in [0.25, 0.3) is 0 Å². The van der Waals surface area contributed by atoms with E-state index in [0.717, 1.165) is 4.90 Å². The number of hydrogen-bond acceptors (Lipinski definition) is 5. The lowest BCUT2D eigenvalue weighted by Crippen LogP contribution is -1.94. The molecule has 0 aromatic heterocycles. The van der Waals surface area contributed by atoms with E-state index >= 15 is 0 Å². The third-order valence-corrected chi connectivity index (χ3v) is 3.48. The van der Waals surface area contributed by atoms with Crippen LogP contribution in [-0.4, -0.2) is 21.1 Å². The van der Waals surface area contributed by atoms with Crippen LogP contribution in [0.25, 0.3) is 0 Å². The van der Waals surface area contributed by atoms with Crippen LogP contribution in [0.5, 0.6) is 5.75 Å². The number of hydrogen-bond donors (Lipinski definition) is 2. The van der Waals surface area contributed by atoms with Crippen LogP contribution >= 0.6 is 11.8 Å². The van der Waals surface area contributed by atoms with Crippen LogP contribution in [0.3, 0.4) is 0 Å². The summed E-state index contributed by atoms with van der Waals surface area (Å²) in [5.41, 5.74) is -0.191. The van der Waals surface area contributed by atoms with Crippen molar-refractivity contribution >= 4 is 23.4 Å². The lowest BCUT2D eigenvalue weighted by atomic mass is 10.2. The van der Waals surface area contributed by atoms with Crippen molar-refractivity contribution in [1.82, 2.24) is 0 Å². The van der Waals surface area contributed by atoms with Gasteiger partial charge < -0.3 is 10.2 Å². The van der Waals surface area contributed by atoms with Crippen LogP contribution in [0.2, 0.25) is 0 Å². The number of nitrogens with zero attached hydrogens (tertiary/aromatic N) is 1. The Kier molecular flexibility index (Phi) is 3.90. The van der Waals surface area contributed by atoms with Crippen molar-refractivity contribution in [3.05, 3.63) is 58.1 Å². The summed E-state index contributed by atoms with van der Waals surface area (Å²) in [7, 11) is 0. The Morgan fingerprint density at radius 3 is 2.25 bits per heavy atom. The van der Waals surface area contributed by atoms with Crippen molar-refractivity contribution in [3.63, 3.8) is 0 Å². The predicted molar refractivity (Wildman–Crippen MR) is 72.3 cm³/mol. The molecule has 0 heterocycles. The number of carboxylic acids is 1. The van der Waals surface area contributed by atoms with Crippen molar-refractivity contribution < 1.29 is 19.9 Å². The van der Waals surface area contributed by atoms with Crippen LogP contribution in [0, 0.1) is 10.1 Å². The molecule has 0 bridgehead atoms. The molecule has 0 saturated heterocycles. The Balaban J connectivity index is 2.23. The minimum absolute atomic E-state index is 0.172. The minimum Gasteiger partial charge on any atom is -0.502 e. The van der Waals surface area contributed by atoms with Gasteiger partial charge in [0.2, 0.25) is 0 Å². The maximum atomic E-state index is 10.7. The van der Waals surface area contributed by atoms with E-state index in [1.165, 1.54) is 36.0 Å². The van der Waals surface area contributed by atoms with Crippen molar-refractivity contribution in [1.29, 1.82) is 0 Å². The van der Waals surface area contributed by atoms with E-state index in [1.54, 1.807) is 18.2 Å². The fourth-order valence-corrected chi connectivity index (χ4v) is 2.37. The largest absolute Gasteiger partial charge is 0.502 e. The van der Waals surface area contributed by atoms with Crippen LogP contribution in [0.4, 0.5) is 5.69 Å². The topological polar surface area (TPSA) is 101 Å². The van der Waals surface area contributed by atoms with Gasteiger partial charge in [0.15, 0.2) is 5.75 Å². The smallest absolute Gasteiger partial charge is 0.335 e. The number of aromatic hydroxyl groups is 1. The van der Waals surface area contributed by atoms with Crippen LogP contribution in [0.15, 0.2) is 52.3 Å². The normalized spacial score (nSPS) is 10.2. The second-order valence-corrected chi connectivity index (χ2v) is 4.99. The number of nitro benzene ring substituents is 1. The third-order valence-electron chi connectivity index (χ3n) is 2.48. The maximum absolute atomic E-state index is 10.7. The highest BCUT2D eigenvalue weighted by atomic mass is 32.2. The molecule has 2 N–H and O–H groups in total. The van der Waals surface area contributed by atoms with Gasteiger partial charge in [-0.05, 0) is 36.4 Å². The number of aromatic carboxylic acids is 1. The van der Waals surface area contributed by atoms with E-state index in [1.807, 2.05) is 0 Å². The first-order chi connectivity index (χ1) is 9.47. The molecule has 2 aromatic rings. The first kappa shape index (κ1) is 13.9. The van der Waals surface area contributed by atoms with Crippen molar-refractivity contribution in [2.75, 3.05) is 0 Å². The molecule has 2 aromatic carbocycles. The second kappa shape index (κ2) is 5.62. The molecule has 0 aliphatic heterocycles. The fourth-order valence-electron chi connectivity index (χ4n) is 1.51.